The minimum atomic E-state index is -1.38. The number of carbonyl (C=O) groups is 1. The average molecular weight is 432 g/mol. The Balaban J connectivity index is 1.98. The molecule has 0 saturated carbocycles. The molecule has 2 aromatic carbocycles. The number of rotatable bonds is 7. The predicted molar refractivity (Wildman–Crippen MR) is 111 cm³/mol. The normalized spacial score (nSPS) is 10.8. The van der Waals surface area contributed by atoms with Gasteiger partial charge in [0.25, 0.3) is 5.56 Å². The number of nitrogens with one attached hydrogen (secondary N) is 1. The second-order valence-corrected chi connectivity index (χ2v) is 7.19. The average Bonchev–Trinajstić information content (AvgIpc) is 2.68. The van der Waals surface area contributed by atoms with Crippen molar-refractivity contribution in [3.05, 3.63) is 81.0 Å². The van der Waals surface area contributed by atoms with E-state index in [0.29, 0.717) is 16.3 Å². The summed E-state index contributed by atoms with van der Waals surface area (Å²) in [7, 11) is 0. The summed E-state index contributed by atoms with van der Waals surface area (Å²) >= 11 is 5.89. The van der Waals surface area contributed by atoms with E-state index in [4.69, 9.17) is 16.3 Å². The summed E-state index contributed by atoms with van der Waals surface area (Å²) in [6.45, 7) is 3.62. The molecule has 0 bridgehead atoms. The van der Waals surface area contributed by atoms with Gasteiger partial charge in [0.05, 0.1) is 18.8 Å². The monoisotopic (exact) mass is 431 g/mol. The van der Waals surface area contributed by atoms with Crippen LogP contribution in [0.4, 0.5) is 16.0 Å². The van der Waals surface area contributed by atoms with Crippen molar-refractivity contribution in [2.24, 2.45) is 0 Å². The van der Waals surface area contributed by atoms with Gasteiger partial charge < -0.3 is 15.2 Å². The van der Waals surface area contributed by atoms with Crippen LogP contribution >= 0.6 is 11.6 Å². The standard InChI is InChI=1S/C21H19ClFN3O4/c1-12(2)30-18-8-7-15(9-17(18)23)25-21-24-10-16(20(28)29)19(27)26(21)11-13-3-5-14(22)6-4-13/h3-10,12H,11H2,1-2H3,(H,24,25)(H,28,29). The van der Waals surface area contributed by atoms with Crippen LogP contribution in [-0.4, -0.2) is 26.7 Å². The van der Waals surface area contributed by atoms with Crippen molar-refractivity contribution < 1.29 is 19.0 Å². The molecule has 30 heavy (non-hydrogen) atoms. The summed E-state index contributed by atoms with van der Waals surface area (Å²) in [5.74, 6) is -1.80. The topological polar surface area (TPSA) is 93.5 Å². The highest BCUT2D eigenvalue weighted by molar-refractivity contribution is 6.30. The third-order valence-electron chi connectivity index (χ3n) is 4.08. The molecule has 7 nitrogen and oxygen atoms in total. The lowest BCUT2D eigenvalue weighted by atomic mass is 10.2. The Labute approximate surface area is 176 Å². The second-order valence-electron chi connectivity index (χ2n) is 6.76. The Kier molecular flexibility index (Phi) is 6.37. The third kappa shape index (κ3) is 4.96. The number of hydrogen-bond acceptors (Lipinski definition) is 5. The minimum Gasteiger partial charge on any atom is -0.488 e. The summed E-state index contributed by atoms with van der Waals surface area (Å²) < 4.78 is 20.8. The number of anilines is 2. The van der Waals surface area contributed by atoms with Crippen LogP contribution in [0, 0.1) is 5.82 Å². The maximum absolute atomic E-state index is 14.3. The van der Waals surface area contributed by atoms with Crippen molar-refractivity contribution in [3.63, 3.8) is 0 Å². The van der Waals surface area contributed by atoms with Gasteiger partial charge in [0, 0.05) is 16.8 Å². The molecule has 0 spiro atoms. The van der Waals surface area contributed by atoms with E-state index in [9.17, 15) is 19.1 Å². The summed E-state index contributed by atoms with van der Waals surface area (Å²) in [5, 5.41) is 12.7. The largest absolute Gasteiger partial charge is 0.488 e. The minimum absolute atomic E-state index is 0.0451. The van der Waals surface area contributed by atoms with Crippen molar-refractivity contribution in [1.29, 1.82) is 0 Å². The first-order valence-corrected chi connectivity index (χ1v) is 9.43. The molecule has 0 unspecified atom stereocenters. The highest BCUT2D eigenvalue weighted by Crippen LogP contribution is 2.24. The zero-order valence-electron chi connectivity index (χ0n) is 16.2. The van der Waals surface area contributed by atoms with Gasteiger partial charge in [0.15, 0.2) is 11.6 Å². The van der Waals surface area contributed by atoms with Gasteiger partial charge >= 0.3 is 5.97 Å². The number of benzene rings is 2. The number of carboxylic acid groups (broad SMARTS) is 1. The van der Waals surface area contributed by atoms with Crippen molar-refractivity contribution >= 4 is 29.2 Å². The number of nitrogens with zero attached hydrogens (tertiary/aromatic N) is 2. The molecule has 9 heteroatoms. The number of carboxylic acids is 1. The van der Waals surface area contributed by atoms with Gasteiger partial charge in [-0.1, -0.05) is 23.7 Å². The molecule has 0 aliphatic carbocycles. The zero-order valence-corrected chi connectivity index (χ0v) is 17.0. The molecule has 2 N–H and O–H groups in total. The van der Waals surface area contributed by atoms with Crippen LogP contribution in [-0.2, 0) is 6.54 Å². The third-order valence-corrected chi connectivity index (χ3v) is 4.33. The van der Waals surface area contributed by atoms with Gasteiger partial charge in [0.2, 0.25) is 5.95 Å². The van der Waals surface area contributed by atoms with Crippen molar-refractivity contribution in [2.75, 3.05) is 5.32 Å². The van der Waals surface area contributed by atoms with Crippen LogP contribution in [0.5, 0.6) is 5.75 Å². The van der Waals surface area contributed by atoms with E-state index in [1.54, 1.807) is 44.2 Å². The first-order chi connectivity index (χ1) is 14.2. The molecule has 1 heterocycles. The molecule has 0 radical (unpaired) electrons. The Bertz CT molecular complexity index is 1130. The van der Waals surface area contributed by atoms with E-state index in [1.807, 2.05) is 0 Å². The van der Waals surface area contributed by atoms with Crippen molar-refractivity contribution in [3.8, 4) is 5.75 Å². The Morgan fingerprint density at radius 3 is 2.57 bits per heavy atom. The van der Waals surface area contributed by atoms with Gasteiger partial charge in [-0.2, -0.15) is 0 Å². The fourth-order valence-electron chi connectivity index (χ4n) is 2.71. The van der Waals surface area contributed by atoms with Crippen LogP contribution in [0.15, 0.2) is 53.5 Å². The summed E-state index contributed by atoms with van der Waals surface area (Å²) in [5.41, 5.74) is -0.180. The van der Waals surface area contributed by atoms with Crippen molar-refractivity contribution in [2.45, 2.75) is 26.5 Å². The van der Waals surface area contributed by atoms with Crippen LogP contribution in [0.25, 0.3) is 0 Å². The zero-order chi connectivity index (χ0) is 21.8. The predicted octanol–water partition coefficient (Wildman–Crippen LogP) is 4.31. The Morgan fingerprint density at radius 1 is 1.27 bits per heavy atom. The molecule has 0 amide bonds. The van der Waals surface area contributed by atoms with Crippen LogP contribution in [0.3, 0.4) is 0 Å². The second kappa shape index (κ2) is 8.96. The van der Waals surface area contributed by atoms with Crippen LogP contribution < -0.4 is 15.6 Å². The Hall–Kier alpha value is -3.39. The number of halogens is 2. The summed E-state index contributed by atoms with van der Waals surface area (Å²) in [6.07, 6.45) is 0.783. The molecular weight excluding hydrogens is 413 g/mol. The summed E-state index contributed by atoms with van der Waals surface area (Å²) in [6, 6.07) is 11.0. The van der Waals surface area contributed by atoms with Crippen LogP contribution in [0.1, 0.15) is 29.8 Å². The fraction of sp³-hybridized carbons (Fsp3) is 0.190. The molecule has 3 rings (SSSR count). The van der Waals surface area contributed by atoms with E-state index >= 15 is 0 Å². The van der Waals surface area contributed by atoms with Gasteiger partial charge in [-0.05, 0) is 43.7 Å². The lowest BCUT2D eigenvalue weighted by Gasteiger charge is -2.15. The first kappa shape index (κ1) is 21.3. The lowest BCUT2D eigenvalue weighted by Crippen LogP contribution is -2.29. The summed E-state index contributed by atoms with van der Waals surface area (Å²) in [4.78, 5) is 28.1. The molecule has 0 atom stereocenters. The van der Waals surface area contributed by atoms with E-state index in [-0.39, 0.29) is 24.3 Å². The molecule has 156 valence electrons. The number of aromatic carboxylic acids is 1. The molecule has 0 fully saturated rings. The van der Waals surface area contributed by atoms with E-state index in [0.717, 1.165) is 6.20 Å². The van der Waals surface area contributed by atoms with E-state index in [2.05, 4.69) is 10.3 Å². The first-order valence-electron chi connectivity index (χ1n) is 9.05. The quantitative estimate of drug-likeness (QED) is 0.579. The molecule has 0 aliphatic rings. The van der Waals surface area contributed by atoms with Gasteiger partial charge in [0.1, 0.15) is 5.56 Å². The van der Waals surface area contributed by atoms with Gasteiger partial charge in [-0.3, -0.25) is 9.36 Å². The SMILES string of the molecule is CC(C)Oc1ccc(Nc2ncc(C(=O)O)c(=O)n2Cc2ccc(Cl)cc2)cc1F. The number of aromatic nitrogens is 2. The van der Waals surface area contributed by atoms with Gasteiger partial charge in [-0.15, -0.1) is 0 Å². The molecule has 0 saturated heterocycles. The lowest BCUT2D eigenvalue weighted by molar-refractivity contribution is 0.0693. The van der Waals surface area contributed by atoms with Gasteiger partial charge in [-0.25, -0.2) is 14.2 Å². The van der Waals surface area contributed by atoms with Crippen LogP contribution in [0.2, 0.25) is 5.02 Å². The number of hydrogen-bond donors (Lipinski definition) is 2. The smallest absolute Gasteiger partial charge is 0.342 e. The molecule has 1 aromatic heterocycles. The highest BCUT2D eigenvalue weighted by Gasteiger charge is 2.17. The Morgan fingerprint density at radius 2 is 1.97 bits per heavy atom. The number of ether oxygens (including phenoxy) is 1. The van der Waals surface area contributed by atoms with E-state index in [1.165, 1.54) is 16.7 Å². The molecule has 0 aliphatic heterocycles. The van der Waals surface area contributed by atoms with Crippen molar-refractivity contribution in [1.82, 2.24) is 9.55 Å². The van der Waals surface area contributed by atoms with E-state index < -0.39 is 22.9 Å². The molecule has 3 aromatic rings. The maximum Gasteiger partial charge on any atom is 0.342 e. The fourth-order valence-corrected chi connectivity index (χ4v) is 2.84. The highest BCUT2D eigenvalue weighted by atomic mass is 35.5. The molecular formula is C21H19ClFN3O4. The maximum atomic E-state index is 14.3.